The second-order valence-electron chi connectivity index (χ2n) is 8.80. The number of nitrogens with one attached hydrogen (secondary N) is 2. The summed E-state index contributed by atoms with van der Waals surface area (Å²) in [5.41, 5.74) is 6.62. The number of benzene rings is 1. The SMILES string of the molecule is CCC(CCC(C)(F)P)CC(N)C(O)C(=O)NCC(=O)NC(C(=O)N(C)C)c1ccccc1. The van der Waals surface area contributed by atoms with Crippen molar-refractivity contribution in [3.05, 3.63) is 35.9 Å². The summed E-state index contributed by atoms with van der Waals surface area (Å²) in [4.78, 5) is 38.6. The van der Waals surface area contributed by atoms with Gasteiger partial charge in [0.05, 0.1) is 6.54 Å². The topological polar surface area (TPSA) is 125 Å². The summed E-state index contributed by atoms with van der Waals surface area (Å²) in [5.74, 6) is -1.61. The number of likely N-dealkylation sites (N-methyl/N-ethyl adjacent to an activating group) is 1. The van der Waals surface area contributed by atoms with Gasteiger partial charge >= 0.3 is 0 Å². The third-order valence-corrected chi connectivity index (χ3v) is 5.74. The number of carbonyl (C=O) groups is 3. The third kappa shape index (κ3) is 10.6. The van der Waals surface area contributed by atoms with Gasteiger partial charge in [-0.05, 0) is 37.7 Å². The number of hydrogen-bond donors (Lipinski definition) is 4. The largest absolute Gasteiger partial charge is 0.382 e. The van der Waals surface area contributed by atoms with Gasteiger partial charge in [-0.1, -0.05) is 52.9 Å². The van der Waals surface area contributed by atoms with Crippen LogP contribution in [0.1, 0.15) is 51.1 Å². The molecule has 0 aliphatic carbocycles. The number of carbonyl (C=O) groups excluding carboxylic acids is 3. The number of rotatable bonds is 13. The van der Waals surface area contributed by atoms with E-state index in [1.54, 1.807) is 44.4 Å². The minimum absolute atomic E-state index is 0.0602. The van der Waals surface area contributed by atoms with Crippen LogP contribution in [0.4, 0.5) is 4.39 Å². The molecule has 33 heavy (non-hydrogen) atoms. The van der Waals surface area contributed by atoms with E-state index in [0.717, 1.165) is 6.42 Å². The van der Waals surface area contributed by atoms with Crippen molar-refractivity contribution >= 4 is 27.0 Å². The van der Waals surface area contributed by atoms with Crippen molar-refractivity contribution < 1.29 is 23.9 Å². The Kier molecular flexibility index (Phi) is 11.9. The summed E-state index contributed by atoms with van der Waals surface area (Å²) in [6.45, 7) is 3.01. The van der Waals surface area contributed by atoms with E-state index >= 15 is 0 Å². The van der Waals surface area contributed by atoms with Crippen molar-refractivity contribution in [1.29, 1.82) is 0 Å². The van der Waals surface area contributed by atoms with E-state index in [1.165, 1.54) is 11.8 Å². The molecule has 8 nitrogen and oxygen atoms in total. The highest BCUT2D eigenvalue weighted by atomic mass is 31.0. The Hall–Kier alpha value is -2.09. The first-order valence-corrected chi connectivity index (χ1v) is 11.7. The molecule has 10 heteroatoms. The van der Waals surface area contributed by atoms with Crippen molar-refractivity contribution in [3.8, 4) is 0 Å². The van der Waals surface area contributed by atoms with Crippen molar-refractivity contribution in [2.45, 2.75) is 63.1 Å². The number of aliphatic hydroxyl groups excluding tert-OH is 1. The van der Waals surface area contributed by atoms with Gasteiger partial charge in [0.1, 0.15) is 17.6 Å². The molecule has 0 radical (unpaired) electrons. The molecule has 0 aliphatic rings. The van der Waals surface area contributed by atoms with Gasteiger partial charge in [-0.15, -0.1) is 0 Å². The molecule has 1 rings (SSSR count). The maximum Gasteiger partial charge on any atom is 0.250 e. The number of aliphatic hydroxyl groups is 1. The smallest absolute Gasteiger partial charge is 0.250 e. The summed E-state index contributed by atoms with van der Waals surface area (Å²) >= 11 is 0. The van der Waals surface area contributed by atoms with Crippen LogP contribution in [-0.4, -0.2) is 65.9 Å². The van der Waals surface area contributed by atoms with Crippen molar-refractivity contribution in [1.82, 2.24) is 15.5 Å². The van der Waals surface area contributed by atoms with Crippen LogP contribution in [0, 0.1) is 5.92 Å². The van der Waals surface area contributed by atoms with Crippen LogP contribution in [0.5, 0.6) is 0 Å². The summed E-state index contributed by atoms with van der Waals surface area (Å²) in [6, 6.07) is 7.01. The minimum Gasteiger partial charge on any atom is -0.382 e. The van der Waals surface area contributed by atoms with Gasteiger partial charge in [-0.3, -0.25) is 14.4 Å². The number of halogens is 1. The molecule has 0 spiro atoms. The molecule has 186 valence electrons. The highest BCUT2D eigenvalue weighted by Gasteiger charge is 2.28. The van der Waals surface area contributed by atoms with Gasteiger partial charge in [0.25, 0.3) is 5.91 Å². The first-order valence-electron chi connectivity index (χ1n) is 11.1. The lowest BCUT2D eigenvalue weighted by atomic mass is 9.90. The summed E-state index contributed by atoms with van der Waals surface area (Å²) < 4.78 is 13.7. The van der Waals surface area contributed by atoms with E-state index in [2.05, 4.69) is 19.9 Å². The zero-order chi connectivity index (χ0) is 25.2. The molecule has 5 N–H and O–H groups in total. The van der Waals surface area contributed by atoms with E-state index in [4.69, 9.17) is 5.73 Å². The van der Waals surface area contributed by atoms with Crippen LogP contribution in [0.2, 0.25) is 0 Å². The molecule has 0 heterocycles. The molecule has 1 aromatic rings. The highest BCUT2D eigenvalue weighted by Crippen LogP contribution is 2.29. The van der Waals surface area contributed by atoms with Gasteiger partial charge < -0.3 is 26.4 Å². The van der Waals surface area contributed by atoms with Crippen molar-refractivity contribution in [2.24, 2.45) is 11.7 Å². The molecule has 0 saturated carbocycles. The van der Waals surface area contributed by atoms with Crippen LogP contribution in [0.25, 0.3) is 0 Å². The first kappa shape index (κ1) is 28.9. The van der Waals surface area contributed by atoms with E-state index in [-0.39, 0.29) is 11.8 Å². The average molecular weight is 485 g/mol. The molecule has 0 saturated heterocycles. The predicted octanol–water partition coefficient (Wildman–Crippen LogP) is 1.49. The zero-order valence-corrected chi connectivity index (χ0v) is 21.0. The Morgan fingerprint density at radius 1 is 1.24 bits per heavy atom. The minimum atomic E-state index is -1.51. The van der Waals surface area contributed by atoms with Crippen LogP contribution < -0.4 is 16.4 Å². The zero-order valence-electron chi connectivity index (χ0n) is 19.9. The van der Waals surface area contributed by atoms with Crippen molar-refractivity contribution in [2.75, 3.05) is 20.6 Å². The lowest BCUT2D eigenvalue weighted by Crippen LogP contribution is -2.50. The quantitative estimate of drug-likeness (QED) is 0.316. The molecule has 3 amide bonds. The van der Waals surface area contributed by atoms with Gasteiger partial charge in [-0.25, -0.2) is 4.39 Å². The van der Waals surface area contributed by atoms with Gasteiger partial charge in [-0.2, -0.15) is 0 Å². The molecule has 0 aliphatic heterocycles. The predicted molar refractivity (Wildman–Crippen MR) is 130 cm³/mol. The summed E-state index contributed by atoms with van der Waals surface area (Å²) in [7, 11) is 5.33. The maximum atomic E-state index is 13.7. The molecule has 0 fully saturated rings. The van der Waals surface area contributed by atoms with Crippen LogP contribution in [0.3, 0.4) is 0 Å². The lowest BCUT2D eigenvalue weighted by Gasteiger charge is -2.25. The normalized spacial score (nSPS) is 16.6. The molecule has 6 unspecified atom stereocenters. The number of nitrogens with two attached hydrogens (primary N) is 1. The maximum absolute atomic E-state index is 13.7. The Morgan fingerprint density at radius 2 is 1.85 bits per heavy atom. The fourth-order valence-electron chi connectivity index (χ4n) is 3.36. The molecule has 0 aromatic heterocycles. The second kappa shape index (κ2) is 13.6. The number of amides is 3. The summed E-state index contributed by atoms with van der Waals surface area (Å²) in [5, 5.41) is 13.9. The Labute approximate surface area is 198 Å². The van der Waals surface area contributed by atoms with Crippen LogP contribution in [0.15, 0.2) is 30.3 Å². The van der Waals surface area contributed by atoms with Crippen LogP contribution in [-0.2, 0) is 14.4 Å². The Bertz CT molecular complexity index is 773. The highest BCUT2D eigenvalue weighted by molar-refractivity contribution is 7.18. The van der Waals surface area contributed by atoms with Gasteiger partial charge in [0.2, 0.25) is 11.8 Å². The standard InChI is InChI=1S/C23H38FN4O4P/c1-5-15(11-12-23(2,24)33)13-17(25)20(30)21(31)26-14-18(29)27-19(22(32)28(3)4)16-9-7-6-8-10-16/h6-10,15,17,19-20,30H,5,11-14,25,33H2,1-4H3,(H,26,31)(H,27,29). The number of hydrogen-bond acceptors (Lipinski definition) is 5. The van der Waals surface area contributed by atoms with Crippen molar-refractivity contribution in [3.63, 3.8) is 0 Å². The van der Waals surface area contributed by atoms with Gasteiger partial charge in [0.15, 0.2) is 0 Å². The lowest BCUT2D eigenvalue weighted by molar-refractivity contribution is -0.135. The molecule has 6 atom stereocenters. The monoisotopic (exact) mass is 484 g/mol. The fourth-order valence-corrected chi connectivity index (χ4v) is 3.53. The Balaban J connectivity index is 2.62. The van der Waals surface area contributed by atoms with E-state index in [1.807, 2.05) is 6.92 Å². The van der Waals surface area contributed by atoms with E-state index in [0.29, 0.717) is 24.8 Å². The fraction of sp³-hybridized carbons (Fsp3) is 0.609. The number of alkyl halides is 1. The average Bonchev–Trinajstić information content (AvgIpc) is 2.77. The molecular formula is C23H38FN4O4P. The molecule has 1 aromatic carbocycles. The van der Waals surface area contributed by atoms with E-state index in [9.17, 15) is 23.9 Å². The third-order valence-electron chi connectivity index (χ3n) is 5.45. The molecule has 0 bridgehead atoms. The second-order valence-corrected chi connectivity index (χ2v) is 10.0. The van der Waals surface area contributed by atoms with Crippen LogP contribution >= 0.6 is 9.24 Å². The number of nitrogens with zero attached hydrogens (tertiary/aromatic N) is 1. The first-order chi connectivity index (χ1) is 15.4. The van der Waals surface area contributed by atoms with E-state index < -0.39 is 42.0 Å². The molecular weight excluding hydrogens is 446 g/mol. The van der Waals surface area contributed by atoms with Gasteiger partial charge in [0, 0.05) is 20.1 Å². The summed E-state index contributed by atoms with van der Waals surface area (Å²) in [6.07, 6.45) is 0.503. The Morgan fingerprint density at radius 3 is 2.36 bits per heavy atom.